The first-order valence-electron chi connectivity index (χ1n) is 13.8. The van der Waals surface area contributed by atoms with Crippen molar-refractivity contribution in [1.29, 1.82) is 0 Å². The molecule has 41 heavy (non-hydrogen) atoms. The fourth-order valence-electron chi connectivity index (χ4n) is 4.99. The molecule has 1 saturated carbocycles. The Hall–Kier alpha value is -3.89. The number of carbonyl (C=O) groups is 2. The van der Waals surface area contributed by atoms with Gasteiger partial charge in [-0.05, 0) is 64.2 Å². The van der Waals surface area contributed by atoms with Crippen molar-refractivity contribution in [2.75, 3.05) is 26.8 Å². The van der Waals surface area contributed by atoms with Gasteiger partial charge in [0.2, 0.25) is 0 Å². The number of benzene rings is 1. The number of amides is 1. The third-order valence-electron chi connectivity index (χ3n) is 7.16. The molecular formula is C30H35F2N3O6. The topological polar surface area (TPSA) is 91.6 Å². The summed E-state index contributed by atoms with van der Waals surface area (Å²) in [4.78, 5) is 31.4. The number of methoxy groups -OCH3 is 1. The molecule has 0 radical (unpaired) electrons. The van der Waals surface area contributed by atoms with Crippen LogP contribution < -0.4 is 14.2 Å². The molecule has 0 unspecified atom stereocenters. The minimum atomic E-state index is -3.10. The van der Waals surface area contributed by atoms with Gasteiger partial charge in [-0.15, -0.1) is 0 Å². The Morgan fingerprint density at radius 2 is 1.85 bits per heavy atom. The van der Waals surface area contributed by atoms with Crippen LogP contribution in [0.25, 0.3) is 16.9 Å². The molecule has 2 aromatic heterocycles. The molecular weight excluding hydrogens is 536 g/mol. The Morgan fingerprint density at radius 1 is 1.10 bits per heavy atom. The quantitative estimate of drug-likeness (QED) is 0.267. The van der Waals surface area contributed by atoms with Crippen molar-refractivity contribution in [3.05, 3.63) is 42.2 Å². The highest BCUT2D eigenvalue weighted by Crippen LogP contribution is 2.40. The maximum absolute atomic E-state index is 13.3. The lowest BCUT2D eigenvalue weighted by atomic mass is 10.00. The number of ketones is 1. The highest BCUT2D eigenvalue weighted by Gasteiger charge is 2.31. The second-order valence-electron chi connectivity index (χ2n) is 11.6. The number of rotatable bonds is 10. The maximum atomic E-state index is 13.3. The summed E-state index contributed by atoms with van der Waals surface area (Å²) in [7, 11) is 1.40. The summed E-state index contributed by atoms with van der Waals surface area (Å²) < 4.78 is 50.2. The summed E-state index contributed by atoms with van der Waals surface area (Å²) >= 11 is 0. The predicted octanol–water partition coefficient (Wildman–Crippen LogP) is 6.23. The number of fused-ring (bicyclic) bond motifs is 1. The van der Waals surface area contributed by atoms with Gasteiger partial charge in [0.1, 0.15) is 34.1 Å². The first-order chi connectivity index (χ1) is 19.5. The van der Waals surface area contributed by atoms with Gasteiger partial charge in [-0.3, -0.25) is 9.20 Å². The van der Waals surface area contributed by atoms with Crippen molar-refractivity contribution >= 4 is 17.5 Å². The van der Waals surface area contributed by atoms with Gasteiger partial charge in [0.05, 0.1) is 25.6 Å². The van der Waals surface area contributed by atoms with E-state index in [9.17, 15) is 18.4 Å². The Morgan fingerprint density at radius 3 is 2.54 bits per heavy atom. The zero-order valence-corrected chi connectivity index (χ0v) is 23.7. The number of aromatic nitrogens is 2. The van der Waals surface area contributed by atoms with Gasteiger partial charge in [-0.1, -0.05) is 0 Å². The zero-order valence-electron chi connectivity index (χ0n) is 23.7. The molecule has 3 aromatic rings. The molecule has 2 aliphatic rings. The first kappa shape index (κ1) is 28.6. The normalized spacial score (nSPS) is 17.2. The predicted molar refractivity (Wildman–Crippen MR) is 147 cm³/mol. The van der Waals surface area contributed by atoms with Gasteiger partial charge in [-0.25, -0.2) is 9.78 Å². The van der Waals surface area contributed by atoms with Crippen LogP contribution in [0.2, 0.25) is 0 Å². The summed E-state index contributed by atoms with van der Waals surface area (Å²) in [5.74, 6) is 0.756. The highest BCUT2D eigenvalue weighted by atomic mass is 19.3. The molecule has 0 bridgehead atoms. The minimum Gasteiger partial charge on any atom is -0.496 e. The molecule has 9 nitrogen and oxygen atoms in total. The standard InChI is InChI=1S/C30H35F2N3O6/c1-30(2,3)41-29(37)34-9-7-19(16-34)17-39-21-8-10-35-22(15-33-26(35)14-21)20-12-24(38-4)27(23(36)11-18-5-6-18)25(13-20)40-28(31)32/h8,10,12-15,18-19,28H,5-7,9,11,16-17H2,1-4H3/t19-/m0/s1. The molecule has 11 heteroatoms. The number of carbonyl (C=O) groups excluding carboxylic acids is 2. The molecule has 0 spiro atoms. The van der Waals surface area contributed by atoms with E-state index in [0.717, 1.165) is 19.3 Å². The van der Waals surface area contributed by atoms with Gasteiger partial charge < -0.3 is 23.8 Å². The number of hydrogen-bond donors (Lipinski definition) is 0. The van der Waals surface area contributed by atoms with Crippen molar-refractivity contribution < 1.29 is 37.3 Å². The van der Waals surface area contributed by atoms with Crippen molar-refractivity contribution in [3.8, 4) is 28.5 Å². The Bertz CT molecular complexity index is 1430. The summed E-state index contributed by atoms with van der Waals surface area (Å²) in [5.41, 5.74) is 1.19. The smallest absolute Gasteiger partial charge is 0.410 e. The van der Waals surface area contributed by atoms with Crippen LogP contribution in [0.4, 0.5) is 13.6 Å². The number of nitrogens with zero attached hydrogens (tertiary/aromatic N) is 3. The van der Waals surface area contributed by atoms with E-state index in [1.54, 1.807) is 39.9 Å². The molecule has 0 N–H and O–H groups in total. The van der Waals surface area contributed by atoms with Crippen LogP contribution in [0.5, 0.6) is 17.2 Å². The van der Waals surface area contributed by atoms with Gasteiger partial charge in [0.25, 0.3) is 0 Å². The van der Waals surface area contributed by atoms with Crippen molar-refractivity contribution in [2.45, 2.75) is 58.7 Å². The lowest BCUT2D eigenvalue weighted by Gasteiger charge is -2.24. The van der Waals surface area contributed by atoms with E-state index in [0.29, 0.717) is 42.4 Å². The van der Waals surface area contributed by atoms with E-state index in [2.05, 4.69) is 4.98 Å². The van der Waals surface area contributed by atoms with Crippen LogP contribution in [-0.4, -0.2) is 65.2 Å². The number of ether oxygens (including phenoxy) is 4. The minimum absolute atomic E-state index is 0.0325. The van der Waals surface area contributed by atoms with Crippen LogP contribution in [0.1, 0.15) is 56.8 Å². The average molecular weight is 572 g/mol. The van der Waals surface area contributed by atoms with E-state index < -0.39 is 12.2 Å². The first-order valence-corrected chi connectivity index (χ1v) is 13.8. The molecule has 1 aliphatic heterocycles. The number of hydrogen-bond acceptors (Lipinski definition) is 7. The van der Waals surface area contributed by atoms with Crippen LogP contribution in [0.3, 0.4) is 0 Å². The third kappa shape index (κ3) is 6.89. The number of imidazole rings is 1. The molecule has 5 rings (SSSR count). The molecule has 1 amide bonds. The Balaban J connectivity index is 1.32. The second kappa shape index (κ2) is 11.5. The van der Waals surface area contributed by atoms with Crippen LogP contribution in [0, 0.1) is 11.8 Å². The van der Waals surface area contributed by atoms with Gasteiger partial charge in [0.15, 0.2) is 5.78 Å². The molecule has 1 saturated heterocycles. The van der Waals surface area contributed by atoms with E-state index >= 15 is 0 Å². The second-order valence-corrected chi connectivity index (χ2v) is 11.6. The number of Topliss-reactive ketones (excluding diaryl/α,β-unsaturated/α-hetero) is 1. The number of likely N-dealkylation sites (tertiary alicyclic amines) is 1. The number of halogens is 2. The van der Waals surface area contributed by atoms with Crippen molar-refractivity contribution in [1.82, 2.24) is 14.3 Å². The Kier molecular flexibility index (Phi) is 8.06. The molecule has 1 aliphatic carbocycles. The molecule has 1 atom stereocenters. The zero-order chi connectivity index (χ0) is 29.3. The maximum Gasteiger partial charge on any atom is 0.410 e. The summed E-state index contributed by atoms with van der Waals surface area (Å²) in [6, 6.07) is 6.65. The largest absolute Gasteiger partial charge is 0.496 e. The van der Waals surface area contributed by atoms with E-state index in [1.165, 1.54) is 13.2 Å². The van der Waals surface area contributed by atoms with Crippen LogP contribution in [-0.2, 0) is 4.74 Å². The number of pyridine rings is 1. The Labute approximate surface area is 237 Å². The lowest BCUT2D eigenvalue weighted by molar-refractivity contribution is -0.0502. The van der Waals surface area contributed by atoms with Crippen molar-refractivity contribution in [2.24, 2.45) is 11.8 Å². The van der Waals surface area contributed by atoms with Gasteiger partial charge >= 0.3 is 12.7 Å². The lowest BCUT2D eigenvalue weighted by Crippen LogP contribution is -2.35. The molecule has 1 aromatic carbocycles. The number of alkyl halides is 2. The summed E-state index contributed by atoms with van der Waals surface area (Å²) in [6.45, 7) is 4.06. The fraction of sp³-hybridized carbons (Fsp3) is 0.500. The van der Waals surface area contributed by atoms with Crippen molar-refractivity contribution in [3.63, 3.8) is 0 Å². The third-order valence-corrected chi connectivity index (χ3v) is 7.16. The summed E-state index contributed by atoms with van der Waals surface area (Å²) in [5, 5.41) is 0. The van der Waals surface area contributed by atoms with E-state index in [4.69, 9.17) is 18.9 Å². The monoisotopic (exact) mass is 571 g/mol. The molecule has 2 fully saturated rings. The van der Waals surface area contributed by atoms with Crippen LogP contribution in [0.15, 0.2) is 36.7 Å². The summed E-state index contributed by atoms with van der Waals surface area (Å²) in [6.07, 6.45) is 6.08. The molecule has 220 valence electrons. The van der Waals surface area contributed by atoms with Crippen LogP contribution >= 0.6 is 0 Å². The van der Waals surface area contributed by atoms with E-state index in [-0.39, 0.29) is 47.2 Å². The SMILES string of the molecule is COc1cc(-c2cnc3cc(OC[C@H]4CCN(C(=O)OC(C)(C)C)C4)ccn23)cc(OC(F)F)c1C(=O)CC1CC1. The van der Waals surface area contributed by atoms with Gasteiger partial charge in [0, 0.05) is 43.3 Å². The molecule has 3 heterocycles. The van der Waals surface area contributed by atoms with Gasteiger partial charge in [-0.2, -0.15) is 8.78 Å². The highest BCUT2D eigenvalue weighted by molar-refractivity contribution is 6.02. The van der Waals surface area contributed by atoms with E-state index in [1.807, 2.05) is 20.8 Å². The average Bonchev–Trinajstić information content (AvgIpc) is 3.41. The fourth-order valence-corrected chi connectivity index (χ4v) is 4.99.